The van der Waals surface area contributed by atoms with E-state index < -0.39 is 11.8 Å². The lowest BCUT2D eigenvalue weighted by molar-refractivity contribution is 0.0689. The molecular formula is C12H12FN3O3. The summed E-state index contributed by atoms with van der Waals surface area (Å²) in [4.78, 5) is 10.8. The number of halogens is 1. The third-order valence-electron chi connectivity index (χ3n) is 2.77. The fourth-order valence-corrected chi connectivity index (χ4v) is 1.71. The Kier molecular flexibility index (Phi) is 3.46. The number of nitrogens with zero attached hydrogens (tertiary/aromatic N) is 3. The van der Waals surface area contributed by atoms with Crippen LogP contribution in [0.25, 0.3) is 0 Å². The molecule has 0 saturated heterocycles. The van der Waals surface area contributed by atoms with Crippen LogP contribution in [0.15, 0.2) is 18.2 Å². The Balaban J connectivity index is 2.34. The van der Waals surface area contributed by atoms with Gasteiger partial charge in [0.25, 0.3) is 0 Å². The van der Waals surface area contributed by atoms with Crippen LogP contribution in [0, 0.1) is 12.7 Å². The molecule has 1 aromatic heterocycles. The minimum Gasteiger partial charge on any atom is -0.494 e. The maximum absolute atomic E-state index is 14.0. The Labute approximate surface area is 108 Å². The number of methoxy groups -OCH3 is 1. The van der Waals surface area contributed by atoms with Crippen LogP contribution in [-0.4, -0.2) is 33.2 Å². The van der Waals surface area contributed by atoms with Crippen molar-refractivity contribution in [2.24, 2.45) is 0 Å². The lowest BCUT2D eigenvalue weighted by atomic mass is 10.2. The van der Waals surface area contributed by atoms with Gasteiger partial charge in [-0.1, -0.05) is 17.3 Å². The van der Waals surface area contributed by atoms with Gasteiger partial charge in [-0.25, -0.2) is 13.9 Å². The Morgan fingerprint density at radius 3 is 2.84 bits per heavy atom. The molecule has 0 saturated carbocycles. The average Bonchev–Trinajstić information content (AvgIpc) is 2.74. The highest BCUT2D eigenvalue weighted by Gasteiger charge is 2.16. The topological polar surface area (TPSA) is 77.2 Å². The molecule has 0 aliphatic carbocycles. The molecule has 2 rings (SSSR count). The first-order chi connectivity index (χ1) is 9.04. The number of rotatable bonds is 4. The van der Waals surface area contributed by atoms with E-state index in [1.807, 2.05) is 0 Å². The normalized spacial score (nSPS) is 10.5. The molecule has 0 amide bonds. The zero-order chi connectivity index (χ0) is 14.0. The van der Waals surface area contributed by atoms with Gasteiger partial charge in [0.05, 0.1) is 19.3 Å². The van der Waals surface area contributed by atoms with Gasteiger partial charge in [-0.15, -0.1) is 5.10 Å². The van der Waals surface area contributed by atoms with Gasteiger partial charge < -0.3 is 9.84 Å². The molecule has 1 aromatic carbocycles. The second-order valence-electron chi connectivity index (χ2n) is 3.92. The van der Waals surface area contributed by atoms with Crippen molar-refractivity contribution >= 4 is 5.97 Å². The largest absolute Gasteiger partial charge is 0.494 e. The van der Waals surface area contributed by atoms with Crippen molar-refractivity contribution in [3.05, 3.63) is 41.0 Å². The number of aromatic carboxylic acids is 1. The lowest BCUT2D eigenvalue weighted by Crippen LogP contribution is -2.07. The van der Waals surface area contributed by atoms with E-state index in [4.69, 9.17) is 9.84 Å². The monoisotopic (exact) mass is 265 g/mol. The van der Waals surface area contributed by atoms with Crippen LogP contribution < -0.4 is 4.74 Å². The number of hydrogen-bond donors (Lipinski definition) is 1. The SMILES string of the molecule is COc1cccc(Cn2nnc(C(=O)O)c2C)c1F. The maximum atomic E-state index is 14.0. The summed E-state index contributed by atoms with van der Waals surface area (Å²) in [7, 11) is 1.38. The molecule has 6 nitrogen and oxygen atoms in total. The van der Waals surface area contributed by atoms with Crippen LogP contribution in [-0.2, 0) is 6.54 Å². The molecule has 0 bridgehead atoms. The molecule has 19 heavy (non-hydrogen) atoms. The van der Waals surface area contributed by atoms with Gasteiger partial charge in [-0.2, -0.15) is 0 Å². The number of aromatic nitrogens is 3. The smallest absolute Gasteiger partial charge is 0.358 e. The van der Waals surface area contributed by atoms with Crippen molar-refractivity contribution in [2.75, 3.05) is 7.11 Å². The minimum absolute atomic E-state index is 0.0924. The Morgan fingerprint density at radius 1 is 1.53 bits per heavy atom. The van der Waals surface area contributed by atoms with Crippen molar-refractivity contribution in [3.63, 3.8) is 0 Å². The van der Waals surface area contributed by atoms with Gasteiger partial charge in [0.2, 0.25) is 0 Å². The van der Waals surface area contributed by atoms with Gasteiger partial charge in [-0.05, 0) is 13.0 Å². The summed E-state index contributed by atoms with van der Waals surface area (Å²) in [5.41, 5.74) is 0.585. The Morgan fingerprint density at radius 2 is 2.26 bits per heavy atom. The third kappa shape index (κ3) is 2.40. The summed E-state index contributed by atoms with van der Waals surface area (Å²) in [6.45, 7) is 1.66. The van der Waals surface area contributed by atoms with Crippen LogP contribution >= 0.6 is 0 Å². The van der Waals surface area contributed by atoms with Gasteiger partial charge in [0.1, 0.15) is 0 Å². The predicted molar refractivity (Wildman–Crippen MR) is 63.8 cm³/mol. The first kappa shape index (κ1) is 13.0. The highest BCUT2D eigenvalue weighted by atomic mass is 19.1. The standard InChI is InChI=1S/C12H12FN3O3/c1-7-11(12(17)18)14-15-16(7)6-8-4-3-5-9(19-2)10(8)13/h3-5H,6H2,1-2H3,(H,17,18). The summed E-state index contributed by atoms with van der Waals surface area (Å²) >= 11 is 0. The fraction of sp³-hybridized carbons (Fsp3) is 0.250. The highest BCUT2D eigenvalue weighted by molar-refractivity contribution is 5.86. The zero-order valence-corrected chi connectivity index (χ0v) is 10.4. The van der Waals surface area contributed by atoms with Gasteiger partial charge in [-0.3, -0.25) is 0 Å². The molecule has 0 radical (unpaired) electrons. The third-order valence-corrected chi connectivity index (χ3v) is 2.77. The Bertz CT molecular complexity index is 625. The minimum atomic E-state index is -1.16. The first-order valence-electron chi connectivity index (χ1n) is 5.49. The molecule has 0 spiro atoms. The lowest BCUT2D eigenvalue weighted by Gasteiger charge is -2.08. The molecule has 0 unspecified atom stereocenters. The van der Waals surface area contributed by atoms with Crippen LogP contribution in [0.4, 0.5) is 4.39 Å². The van der Waals surface area contributed by atoms with Gasteiger partial charge >= 0.3 is 5.97 Å². The first-order valence-corrected chi connectivity index (χ1v) is 5.49. The number of hydrogen-bond acceptors (Lipinski definition) is 4. The van der Waals surface area contributed by atoms with E-state index in [2.05, 4.69) is 10.3 Å². The molecule has 100 valence electrons. The summed E-state index contributed by atoms with van der Waals surface area (Å²) in [6.07, 6.45) is 0. The molecule has 2 aromatic rings. The van der Waals surface area contributed by atoms with E-state index in [9.17, 15) is 9.18 Å². The van der Waals surface area contributed by atoms with Crippen molar-refractivity contribution in [1.29, 1.82) is 0 Å². The maximum Gasteiger partial charge on any atom is 0.358 e. The quantitative estimate of drug-likeness (QED) is 0.906. The molecule has 0 aliphatic heterocycles. The number of carboxylic acid groups (broad SMARTS) is 1. The second kappa shape index (κ2) is 5.05. The van der Waals surface area contributed by atoms with E-state index in [1.54, 1.807) is 19.1 Å². The van der Waals surface area contributed by atoms with Crippen molar-refractivity contribution in [3.8, 4) is 5.75 Å². The van der Waals surface area contributed by atoms with Crippen molar-refractivity contribution in [1.82, 2.24) is 15.0 Å². The second-order valence-corrected chi connectivity index (χ2v) is 3.92. The molecule has 0 aliphatic rings. The van der Waals surface area contributed by atoms with E-state index in [0.717, 1.165) is 0 Å². The molecule has 1 heterocycles. The molecule has 0 atom stereocenters. The van der Waals surface area contributed by atoms with Gasteiger partial charge in [0.15, 0.2) is 17.3 Å². The summed E-state index contributed by atoms with van der Waals surface area (Å²) < 4.78 is 20.2. The van der Waals surface area contributed by atoms with Gasteiger partial charge in [0, 0.05) is 5.56 Å². The van der Waals surface area contributed by atoms with E-state index in [0.29, 0.717) is 11.3 Å². The molecule has 0 fully saturated rings. The predicted octanol–water partition coefficient (Wildman–Crippen LogP) is 1.48. The highest BCUT2D eigenvalue weighted by Crippen LogP contribution is 2.21. The molecular weight excluding hydrogens is 253 g/mol. The van der Waals surface area contributed by atoms with E-state index in [-0.39, 0.29) is 18.0 Å². The van der Waals surface area contributed by atoms with Crippen molar-refractivity contribution < 1.29 is 19.0 Å². The van der Waals surface area contributed by atoms with Crippen LogP contribution in [0.5, 0.6) is 5.75 Å². The molecule has 1 N–H and O–H groups in total. The summed E-state index contributed by atoms with van der Waals surface area (Å²) in [5.74, 6) is -1.51. The van der Waals surface area contributed by atoms with Crippen LogP contribution in [0.1, 0.15) is 21.7 Å². The Hall–Kier alpha value is -2.44. The number of ether oxygens (including phenoxy) is 1. The zero-order valence-electron chi connectivity index (χ0n) is 10.4. The van der Waals surface area contributed by atoms with Crippen molar-refractivity contribution in [2.45, 2.75) is 13.5 Å². The number of benzene rings is 1. The fourth-order valence-electron chi connectivity index (χ4n) is 1.71. The summed E-state index contributed by atoms with van der Waals surface area (Å²) in [5, 5.41) is 16.1. The molecule has 7 heteroatoms. The number of carboxylic acids is 1. The average molecular weight is 265 g/mol. The number of carbonyl (C=O) groups is 1. The van der Waals surface area contributed by atoms with E-state index in [1.165, 1.54) is 17.9 Å². The van der Waals surface area contributed by atoms with Crippen LogP contribution in [0.3, 0.4) is 0 Å². The summed E-state index contributed by atoms with van der Waals surface area (Å²) in [6, 6.07) is 4.75. The van der Waals surface area contributed by atoms with Crippen LogP contribution in [0.2, 0.25) is 0 Å². The van der Waals surface area contributed by atoms with E-state index >= 15 is 0 Å².